The Balaban J connectivity index is 2.89. The van der Waals surface area contributed by atoms with Crippen LogP contribution in [0.4, 0.5) is 0 Å². The molecule has 1 aromatic carbocycles. The van der Waals surface area contributed by atoms with Gasteiger partial charge >= 0.3 is 5.97 Å². The molecule has 1 aromatic rings. The Morgan fingerprint density at radius 2 is 1.89 bits per heavy atom. The zero-order valence-corrected chi connectivity index (χ0v) is 12.2. The fraction of sp³-hybridized carbons (Fsp3) is 0.471. The highest BCUT2D eigenvalue weighted by molar-refractivity contribution is 5.75. The van der Waals surface area contributed by atoms with E-state index in [4.69, 9.17) is 4.74 Å². The van der Waals surface area contributed by atoms with E-state index in [1.165, 1.54) is 0 Å². The molecule has 0 N–H and O–H groups in total. The predicted molar refractivity (Wildman–Crippen MR) is 77.4 cm³/mol. The van der Waals surface area contributed by atoms with E-state index in [1.54, 1.807) is 0 Å². The molecule has 0 fully saturated rings. The summed E-state index contributed by atoms with van der Waals surface area (Å²) in [6.45, 7) is 7.61. The van der Waals surface area contributed by atoms with Crippen molar-refractivity contribution in [1.82, 2.24) is 0 Å². The molecule has 0 saturated carbocycles. The maximum atomic E-state index is 12.0. The van der Waals surface area contributed by atoms with Gasteiger partial charge in [-0.3, -0.25) is 4.79 Å². The maximum Gasteiger partial charge on any atom is 0.312 e. The van der Waals surface area contributed by atoms with Gasteiger partial charge < -0.3 is 4.74 Å². The van der Waals surface area contributed by atoms with Crippen LogP contribution in [0.1, 0.15) is 52.2 Å². The molecule has 2 nitrogen and oxygen atoms in total. The molecule has 2 heteroatoms. The Morgan fingerprint density at radius 1 is 1.26 bits per heavy atom. The van der Waals surface area contributed by atoms with Gasteiger partial charge in [0.25, 0.3) is 0 Å². The highest BCUT2D eigenvalue weighted by Gasteiger charge is 2.26. The second-order valence-corrected chi connectivity index (χ2v) is 5.52. The zero-order valence-electron chi connectivity index (χ0n) is 12.2. The van der Waals surface area contributed by atoms with Gasteiger partial charge in [-0.05, 0) is 27.2 Å². The van der Waals surface area contributed by atoms with Crippen molar-refractivity contribution in [3.05, 3.63) is 35.9 Å². The number of hydrogen-bond acceptors (Lipinski definition) is 2. The summed E-state index contributed by atoms with van der Waals surface area (Å²) in [6.07, 6.45) is 1.34. The van der Waals surface area contributed by atoms with Crippen LogP contribution in [0.3, 0.4) is 0 Å². The SMILES string of the molecule is CCCC#CC(OC(=O)C(C)(C)C)c1ccccc1. The molecule has 0 aliphatic carbocycles. The minimum absolute atomic E-state index is 0.229. The molecule has 0 radical (unpaired) electrons. The van der Waals surface area contributed by atoms with E-state index in [0.29, 0.717) is 0 Å². The number of ether oxygens (including phenoxy) is 1. The van der Waals surface area contributed by atoms with Gasteiger partial charge in [0.1, 0.15) is 0 Å². The Bertz CT molecular complexity index is 458. The summed E-state index contributed by atoms with van der Waals surface area (Å²) in [6, 6.07) is 9.65. The van der Waals surface area contributed by atoms with Crippen LogP contribution >= 0.6 is 0 Å². The lowest BCUT2D eigenvalue weighted by molar-refractivity contribution is -0.156. The topological polar surface area (TPSA) is 26.3 Å². The van der Waals surface area contributed by atoms with E-state index in [0.717, 1.165) is 18.4 Å². The molecule has 0 heterocycles. The number of hydrogen-bond donors (Lipinski definition) is 0. The minimum atomic E-state index is -0.514. The first-order chi connectivity index (χ1) is 8.95. The van der Waals surface area contributed by atoms with Crippen LogP contribution in [-0.2, 0) is 9.53 Å². The number of esters is 1. The molecule has 0 bridgehead atoms. The fourth-order valence-electron chi connectivity index (χ4n) is 1.38. The van der Waals surface area contributed by atoms with E-state index in [-0.39, 0.29) is 5.97 Å². The first-order valence-electron chi connectivity index (χ1n) is 6.69. The average Bonchev–Trinajstić information content (AvgIpc) is 2.37. The summed E-state index contributed by atoms with van der Waals surface area (Å²) in [5.41, 5.74) is 0.406. The van der Waals surface area contributed by atoms with Crippen molar-refractivity contribution >= 4 is 5.97 Å². The van der Waals surface area contributed by atoms with Crippen molar-refractivity contribution < 1.29 is 9.53 Å². The van der Waals surface area contributed by atoms with Crippen LogP contribution in [0.25, 0.3) is 0 Å². The summed E-state index contributed by atoms with van der Waals surface area (Å²) in [4.78, 5) is 12.0. The van der Waals surface area contributed by atoms with Gasteiger partial charge in [0.15, 0.2) is 6.10 Å². The van der Waals surface area contributed by atoms with Crippen molar-refractivity contribution in [1.29, 1.82) is 0 Å². The van der Waals surface area contributed by atoms with Gasteiger partial charge in [0, 0.05) is 12.0 Å². The maximum absolute atomic E-state index is 12.0. The van der Waals surface area contributed by atoms with Crippen LogP contribution in [0, 0.1) is 17.3 Å². The van der Waals surface area contributed by atoms with E-state index < -0.39 is 11.5 Å². The van der Waals surface area contributed by atoms with Crippen LogP contribution in [0.2, 0.25) is 0 Å². The smallest absolute Gasteiger partial charge is 0.312 e. The van der Waals surface area contributed by atoms with Crippen LogP contribution in [0.15, 0.2) is 30.3 Å². The van der Waals surface area contributed by atoms with Crippen LogP contribution in [-0.4, -0.2) is 5.97 Å². The van der Waals surface area contributed by atoms with Gasteiger partial charge in [0.05, 0.1) is 5.41 Å². The van der Waals surface area contributed by atoms with Crippen molar-refractivity contribution in [3.63, 3.8) is 0 Å². The normalized spacial score (nSPS) is 12.2. The number of carbonyl (C=O) groups is 1. The molecular weight excluding hydrogens is 236 g/mol. The highest BCUT2D eigenvalue weighted by atomic mass is 16.5. The number of unbranched alkanes of at least 4 members (excludes halogenated alkanes) is 1. The second-order valence-electron chi connectivity index (χ2n) is 5.52. The van der Waals surface area contributed by atoms with Crippen LogP contribution < -0.4 is 0 Å². The fourth-order valence-corrected chi connectivity index (χ4v) is 1.38. The number of carbonyl (C=O) groups excluding carboxylic acids is 1. The van der Waals surface area contributed by atoms with Gasteiger partial charge in [-0.2, -0.15) is 0 Å². The van der Waals surface area contributed by atoms with Crippen molar-refractivity contribution in [2.45, 2.75) is 46.6 Å². The first-order valence-corrected chi connectivity index (χ1v) is 6.69. The minimum Gasteiger partial charge on any atom is -0.444 e. The van der Waals surface area contributed by atoms with E-state index in [9.17, 15) is 4.79 Å². The zero-order chi connectivity index (χ0) is 14.3. The summed E-state index contributed by atoms with van der Waals surface area (Å²) >= 11 is 0. The first kappa shape index (κ1) is 15.3. The Hall–Kier alpha value is -1.75. The van der Waals surface area contributed by atoms with Crippen molar-refractivity contribution in [2.75, 3.05) is 0 Å². The molecule has 0 amide bonds. The van der Waals surface area contributed by atoms with E-state index in [1.807, 2.05) is 51.1 Å². The van der Waals surface area contributed by atoms with Gasteiger partial charge in [-0.25, -0.2) is 0 Å². The summed E-state index contributed by atoms with van der Waals surface area (Å²) in [7, 11) is 0. The van der Waals surface area contributed by atoms with Crippen molar-refractivity contribution in [3.8, 4) is 11.8 Å². The third kappa shape index (κ3) is 5.18. The number of benzene rings is 1. The third-order valence-corrected chi connectivity index (χ3v) is 2.55. The van der Waals surface area contributed by atoms with Crippen molar-refractivity contribution in [2.24, 2.45) is 5.41 Å². The molecule has 0 saturated heterocycles. The molecule has 102 valence electrons. The average molecular weight is 258 g/mol. The molecule has 19 heavy (non-hydrogen) atoms. The van der Waals surface area contributed by atoms with E-state index >= 15 is 0 Å². The number of rotatable bonds is 3. The molecular formula is C17H22O2. The molecule has 1 rings (SSSR count). The quantitative estimate of drug-likeness (QED) is 0.602. The molecule has 0 aromatic heterocycles. The lowest BCUT2D eigenvalue weighted by Gasteiger charge is -2.20. The molecule has 1 unspecified atom stereocenters. The van der Waals surface area contributed by atoms with Crippen LogP contribution in [0.5, 0.6) is 0 Å². The summed E-state index contributed by atoms with van der Waals surface area (Å²) in [5.74, 6) is 5.88. The standard InChI is InChI=1S/C17H22O2/c1-5-6-8-13-15(14-11-9-7-10-12-14)19-16(18)17(2,3)4/h7,9-12,15H,5-6H2,1-4H3. The largest absolute Gasteiger partial charge is 0.444 e. The Labute approximate surface area is 116 Å². The predicted octanol–water partition coefficient (Wildman–Crippen LogP) is 4.12. The highest BCUT2D eigenvalue weighted by Crippen LogP contribution is 2.23. The summed E-state index contributed by atoms with van der Waals surface area (Å²) in [5, 5.41) is 0. The monoisotopic (exact) mass is 258 g/mol. The Morgan fingerprint density at radius 3 is 2.42 bits per heavy atom. The lowest BCUT2D eigenvalue weighted by atomic mass is 9.97. The molecule has 1 atom stereocenters. The van der Waals surface area contributed by atoms with E-state index in [2.05, 4.69) is 18.8 Å². The molecule has 0 spiro atoms. The van der Waals surface area contributed by atoms with Gasteiger partial charge in [0.2, 0.25) is 0 Å². The van der Waals surface area contributed by atoms with Gasteiger partial charge in [-0.1, -0.05) is 49.1 Å². The lowest BCUT2D eigenvalue weighted by Crippen LogP contribution is -2.24. The Kier molecular flexibility index (Phi) is 5.63. The third-order valence-electron chi connectivity index (χ3n) is 2.55. The molecule has 0 aliphatic heterocycles. The van der Waals surface area contributed by atoms with Gasteiger partial charge in [-0.15, -0.1) is 0 Å². The second kappa shape index (κ2) is 6.99. The summed E-state index contributed by atoms with van der Waals surface area (Å²) < 4.78 is 5.54. The molecule has 0 aliphatic rings.